The van der Waals surface area contributed by atoms with Gasteiger partial charge in [-0.3, -0.25) is 9.59 Å². The van der Waals surface area contributed by atoms with E-state index in [4.69, 9.17) is 5.73 Å². The van der Waals surface area contributed by atoms with Crippen molar-refractivity contribution in [2.45, 2.75) is 69.6 Å². The number of aromatic nitrogens is 3. The highest BCUT2D eigenvalue weighted by Gasteiger charge is 2.30. The number of amides is 2. The number of carbonyl (C=O) groups excluding carboxylic acids is 2. The van der Waals surface area contributed by atoms with Crippen LogP contribution in [0.25, 0.3) is 0 Å². The first-order valence-corrected chi connectivity index (χ1v) is 8.96. The summed E-state index contributed by atoms with van der Waals surface area (Å²) in [5.41, 5.74) is 5.03. The average Bonchev–Trinajstić information content (AvgIpc) is 3.23. The van der Waals surface area contributed by atoms with Gasteiger partial charge < -0.3 is 15.6 Å². The molecule has 1 aromatic heterocycles. The number of nitrogens with two attached hydrogens (primary N) is 1. The third-order valence-corrected chi connectivity index (χ3v) is 4.93. The van der Waals surface area contributed by atoms with E-state index in [9.17, 15) is 9.59 Å². The van der Waals surface area contributed by atoms with Crippen LogP contribution in [0.4, 0.5) is 0 Å². The third kappa shape index (κ3) is 5.23. The second kappa shape index (κ2) is 7.33. The number of hydrogen-bond donors (Lipinski definition) is 2. The van der Waals surface area contributed by atoms with Crippen LogP contribution in [0.15, 0.2) is 5.16 Å². The molecule has 0 saturated heterocycles. The molecule has 0 unspecified atom stereocenters. The van der Waals surface area contributed by atoms with Crippen molar-refractivity contribution in [3.63, 3.8) is 0 Å². The molecule has 23 heavy (non-hydrogen) atoms. The second-order valence-electron chi connectivity index (χ2n) is 6.56. The summed E-state index contributed by atoms with van der Waals surface area (Å²) in [4.78, 5) is 23.1. The Labute approximate surface area is 140 Å². The van der Waals surface area contributed by atoms with E-state index in [1.165, 1.54) is 11.8 Å². The lowest BCUT2D eigenvalue weighted by Gasteiger charge is -2.24. The van der Waals surface area contributed by atoms with E-state index < -0.39 is 0 Å². The molecule has 0 aromatic carbocycles. The van der Waals surface area contributed by atoms with Crippen LogP contribution in [0.2, 0.25) is 0 Å². The molecule has 1 heterocycles. The third-order valence-electron chi connectivity index (χ3n) is 3.96. The van der Waals surface area contributed by atoms with Crippen LogP contribution < -0.4 is 11.1 Å². The molecule has 128 valence electrons. The SMILES string of the molecule is CCC(C)(C)NC(=O)CSc1nnc(C2CC2)n1CCC(N)=O. The predicted octanol–water partition coefficient (Wildman–Crippen LogP) is 1.43. The molecule has 0 spiro atoms. The highest BCUT2D eigenvalue weighted by molar-refractivity contribution is 7.99. The molecule has 1 aliphatic rings. The fraction of sp³-hybridized carbons (Fsp3) is 0.733. The molecule has 1 fully saturated rings. The molecule has 1 aliphatic carbocycles. The molecule has 2 amide bonds. The molecule has 2 rings (SSSR count). The Balaban J connectivity index is 1.98. The molecule has 0 radical (unpaired) electrons. The van der Waals surface area contributed by atoms with Gasteiger partial charge in [0, 0.05) is 24.4 Å². The van der Waals surface area contributed by atoms with Gasteiger partial charge in [-0.2, -0.15) is 0 Å². The molecule has 8 heteroatoms. The number of primary amides is 1. The van der Waals surface area contributed by atoms with Crippen LogP contribution in [0.1, 0.15) is 58.2 Å². The Kier molecular flexibility index (Phi) is 5.67. The van der Waals surface area contributed by atoms with Crippen molar-refractivity contribution < 1.29 is 9.59 Å². The number of rotatable bonds is 9. The zero-order valence-corrected chi connectivity index (χ0v) is 14.8. The maximum Gasteiger partial charge on any atom is 0.230 e. The Morgan fingerprint density at radius 1 is 1.39 bits per heavy atom. The monoisotopic (exact) mass is 339 g/mol. The molecular weight excluding hydrogens is 314 g/mol. The van der Waals surface area contributed by atoms with Gasteiger partial charge in [0.2, 0.25) is 11.8 Å². The zero-order chi connectivity index (χ0) is 17.0. The maximum atomic E-state index is 12.1. The fourth-order valence-corrected chi connectivity index (χ4v) is 2.89. The molecule has 7 nitrogen and oxygen atoms in total. The minimum Gasteiger partial charge on any atom is -0.370 e. The van der Waals surface area contributed by atoms with Gasteiger partial charge in [0.05, 0.1) is 5.75 Å². The standard InChI is InChI=1S/C15H25N5O2S/c1-4-15(2,3)17-12(22)9-23-14-19-18-13(10-5-6-10)20(14)8-7-11(16)21/h10H,4-9H2,1-3H3,(H2,16,21)(H,17,22). The minimum absolute atomic E-state index is 0.0285. The van der Waals surface area contributed by atoms with Crippen LogP contribution in [-0.4, -0.2) is 37.9 Å². The Morgan fingerprint density at radius 2 is 2.09 bits per heavy atom. The Bertz CT molecular complexity index is 580. The first kappa shape index (κ1) is 17.8. The van der Waals surface area contributed by atoms with Gasteiger partial charge >= 0.3 is 0 Å². The van der Waals surface area contributed by atoms with Crippen molar-refractivity contribution in [3.05, 3.63) is 5.82 Å². The van der Waals surface area contributed by atoms with E-state index in [0.717, 1.165) is 25.1 Å². The quantitative estimate of drug-likeness (QED) is 0.663. The van der Waals surface area contributed by atoms with Crippen LogP contribution in [0.5, 0.6) is 0 Å². The van der Waals surface area contributed by atoms with Crippen LogP contribution >= 0.6 is 11.8 Å². The van der Waals surface area contributed by atoms with Gasteiger partial charge in [0.1, 0.15) is 5.82 Å². The lowest BCUT2D eigenvalue weighted by molar-refractivity contribution is -0.120. The summed E-state index contributed by atoms with van der Waals surface area (Å²) in [6.45, 7) is 6.50. The van der Waals surface area contributed by atoms with E-state index in [-0.39, 0.29) is 29.5 Å². The smallest absolute Gasteiger partial charge is 0.230 e. The maximum absolute atomic E-state index is 12.1. The van der Waals surface area contributed by atoms with Crippen LogP contribution in [0, 0.1) is 0 Å². The summed E-state index contributed by atoms with van der Waals surface area (Å²) in [5.74, 6) is 1.24. The largest absolute Gasteiger partial charge is 0.370 e. The number of nitrogens with one attached hydrogen (secondary N) is 1. The fourth-order valence-electron chi connectivity index (χ4n) is 2.11. The Hall–Kier alpha value is -1.57. The molecule has 0 aliphatic heterocycles. The molecule has 0 atom stereocenters. The summed E-state index contributed by atoms with van der Waals surface area (Å²) in [7, 11) is 0. The molecule has 1 saturated carbocycles. The van der Waals surface area contributed by atoms with E-state index in [2.05, 4.69) is 15.5 Å². The molecule has 3 N–H and O–H groups in total. The summed E-state index contributed by atoms with van der Waals surface area (Å²) in [6.07, 6.45) is 3.32. The van der Waals surface area contributed by atoms with Crippen LogP contribution in [-0.2, 0) is 16.1 Å². The number of thioether (sulfide) groups is 1. The second-order valence-corrected chi connectivity index (χ2v) is 7.50. The van der Waals surface area contributed by atoms with Crippen molar-refractivity contribution in [1.82, 2.24) is 20.1 Å². The minimum atomic E-state index is -0.348. The van der Waals surface area contributed by atoms with Crippen molar-refractivity contribution in [2.24, 2.45) is 5.73 Å². The zero-order valence-electron chi connectivity index (χ0n) is 14.0. The number of nitrogens with zero attached hydrogens (tertiary/aromatic N) is 3. The summed E-state index contributed by atoms with van der Waals surface area (Å²) >= 11 is 1.35. The normalized spacial score (nSPS) is 14.7. The van der Waals surface area contributed by atoms with Gasteiger partial charge in [0.25, 0.3) is 0 Å². The number of hydrogen-bond acceptors (Lipinski definition) is 5. The first-order valence-electron chi connectivity index (χ1n) is 7.97. The van der Waals surface area contributed by atoms with Gasteiger partial charge in [-0.15, -0.1) is 10.2 Å². The van der Waals surface area contributed by atoms with E-state index >= 15 is 0 Å². The molecule has 0 bridgehead atoms. The highest BCUT2D eigenvalue weighted by Crippen LogP contribution is 2.40. The molecule has 1 aromatic rings. The summed E-state index contributed by atoms with van der Waals surface area (Å²) in [5, 5.41) is 12.1. The van der Waals surface area contributed by atoms with E-state index in [1.54, 1.807) is 0 Å². The lowest BCUT2D eigenvalue weighted by Crippen LogP contribution is -2.43. The van der Waals surface area contributed by atoms with Crippen molar-refractivity contribution in [1.29, 1.82) is 0 Å². The predicted molar refractivity (Wildman–Crippen MR) is 89.0 cm³/mol. The summed E-state index contributed by atoms with van der Waals surface area (Å²) in [6, 6.07) is 0. The van der Waals surface area contributed by atoms with Gasteiger partial charge in [-0.25, -0.2) is 0 Å². The Morgan fingerprint density at radius 3 is 2.65 bits per heavy atom. The average molecular weight is 339 g/mol. The topological polar surface area (TPSA) is 103 Å². The number of carbonyl (C=O) groups is 2. The van der Waals surface area contributed by atoms with Gasteiger partial charge in [0.15, 0.2) is 5.16 Å². The van der Waals surface area contributed by atoms with E-state index in [1.807, 2.05) is 25.3 Å². The van der Waals surface area contributed by atoms with Gasteiger partial charge in [-0.05, 0) is 33.1 Å². The van der Waals surface area contributed by atoms with Crippen molar-refractivity contribution in [3.8, 4) is 0 Å². The molecular formula is C15H25N5O2S. The van der Waals surface area contributed by atoms with Crippen molar-refractivity contribution in [2.75, 3.05) is 5.75 Å². The van der Waals surface area contributed by atoms with Crippen LogP contribution in [0.3, 0.4) is 0 Å². The summed E-state index contributed by atoms with van der Waals surface area (Å²) < 4.78 is 1.94. The van der Waals surface area contributed by atoms with Crippen molar-refractivity contribution >= 4 is 23.6 Å². The van der Waals surface area contributed by atoms with E-state index in [0.29, 0.717) is 17.6 Å². The van der Waals surface area contributed by atoms with Gasteiger partial charge in [-0.1, -0.05) is 18.7 Å². The first-order chi connectivity index (χ1) is 10.8. The lowest BCUT2D eigenvalue weighted by atomic mass is 10.0. The highest BCUT2D eigenvalue weighted by atomic mass is 32.2.